The van der Waals surface area contributed by atoms with Gasteiger partial charge in [-0.15, -0.1) is 0 Å². The van der Waals surface area contributed by atoms with Crippen LogP contribution in [0.25, 0.3) is 0 Å². The summed E-state index contributed by atoms with van der Waals surface area (Å²) >= 11 is 0. The first-order valence-electron chi connectivity index (χ1n) is 7.75. The molecule has 0 aromatic heterocycles. The van der Waals surface area contributed by atoms with Crippen LogP contribution in [0.1, 0.15) is 30.4 Å². The van der Waals surface area contributed by atoms with Crippen molar-refractivity contribution >= 4 is 5.69 Å². The molecule has 2 aliphatic rings. The van der Waals surface area contributed by atoms with Gasteiger partial charge >= 0.3 is 0 Å². The summed E-state index contributed by atoms with van der Waals surface area (Å²) in [5.74, 6) is 0. The summed E-state index contributed by atoms with van der Waals surface area (Å²) in [6.07, 6.45) is 3.79. The lowest BCUT2D eigenvalue weighted by atomic mass is 9.78. The van der Waals surface area contributed by atoms with Crippen molar-refractivity contribution in [1.82, 2.24) is 10.2 Å². The third kappa shape index (κ3) is 3.09. The van der Waals surface area contributed by atoms with Gasteiger partial charge in [-0.05, 0) is 56.8 Å². The second-order valence-corrected chi connectivity index (χ2v) is 6.59. The molecule has 0 bridgehead atoms. The van der Waals surface area contributed by atoms with E-state index in [2.05, 4.69) is 10.2 Å². The molecule has 21 heavy (non-hydrogen) atoms. The lowest BCUT2D eigenvalue weighted by Crippen LogP contribution is -2.38. The first-order valence-corrected chi connectivity index (χ1v) is 7.75. The first kappa shape index (κ1) is 14.5. The average Bonchev–Trinajstić information content (AvgIpc) is 2.84. The third-order valence-corrected chi connectivity index (χ3v) is 5.06. The highest BCUT2D eigenvalue weighted by Crippen LogP contribution is 2.39. The van der Waals surface area contributed by atoms with E-state index in [4.69, 9.17) is 0 Å². The van der Waals surface area contributed by atoms with Crippen molar-refractivity contribution in [3.05, 3.63) is 39.4 Å². The Hall–Kier alpha value is -1.46. The zero-order valence-corrected chi connectivity index (χ0v) is 12.6. The molecule has 114 valence electrons. The van der Waals surface area contributed by atoms with Crippen molar-refractivity contribution in [2.45, 2.75) is 32.7 Å². The van der Waals surface area contributed by atoms with Crippen LogP contribution < -0.4 is 5.32 Å². The average molecular weight is 289 g/mol. The molecule has 2 heterocycles. The Bertz CT molecular complexity index is 538. The van der Waals surface area contributed by atoms with E-state index >= 15 is 0 Å². The molecular formula is C16H23N3O2. The van der Waals surface area contributed by atoms with Crippen molar-refractivity contribution in [3.8, 4) is 0 Å². The Balaban J connectivity index is 1.67. The quantitative estimate of drug-likeness (QED) is 0.686. The number of likely N-dealkylation sites (tertiary alicyclic amines) is 1. The topological polar surface area (TPSA) is 58.4 Å². The normalized spacial score (nSPS) is 21.8. The van der Waals surface area contributed by atoms with Gasteiger partial charge < -0.3 is 5.32 Å². The monoisotopic (exact) mass is 289 g/mol. The second-order valence-electron chi connectivity index (χ2n) is 6.59. The van der Waals surface area contributed by atoms with E-state index in [1.54, 1.807) is 13.0 Å². The van der Waals surface area contributed by atoms with Crippen molar-refractivity contribution < 1.29 is 4.92 Å². The Kier molecular flexibility index (Phi) is 3.95. The highest BCUT2D eigenvalue weighted by molar-refractivity contribution is 5.42. The smallest absolute Gasteiger partial charge is 0.272 e. The van der Waals surface area contributed by atoms with Gasteiger partial charge in [0.05, 0.1) is 4.92 Å². The van der Waals surface area contributed by atoms with Crippen LogP contribution in [0.15, 0.2) is 18.2 Å². The van der Waals surface area contributed by atoms with E-state index in [-0.39, 0.29) is 10.6 Å². The van der Waals surface area contributed by atoms with Gasteiger partial charge in [0.25, 0.3) is 5.69 Å². The molecule has 0 unspecified atom stereocenters. The van der Waals surface area contributed by atoms with Gasteiger partial charge in [-0.25, -0.2) is 0 Å². The lowest BCUT2D eigenvalue weighted by molar-refractivity contribution is -0.385. The van der Waals surface area contributed by atoms with Crippen LogP contribution >= 0.6 is 0 Å². The summed E-state index contributed by atoms with van der Waals surface area (Å²) in [5, 5.41) is 14.5. The molecule has 2 aliphatic heterocycles. The van der Waals surface area contributed by atoms with Gasteiger partial charge in [0.1, 0.15) is 0 Å². The Morgan fingerprint density at radius 2 is 2.10 bits per heavy atom. The van der Waals surface area contributed by atoms with E-state index in [9.17, 15) is 10.1 Å². The number of nitrogens with zero attached hydrogens (tertiary/aromatic N) is 2. The van der Waals surface area contributed by atoms with Gasteiger partial charge in [-0.2, -0.15) is 0 Å². The maximum absolute atomic E-state index is 11.0. The zero-order valence-electron chi connectivity index (χ0n) is 12.6. The molecule has 1 aromatic rings. The fraction of sp³-hybridized carbons (Fsp3) is 0.625. The number of nitro groups is 1. The molecule has 5 heteroatoms. The SMILES string of the molecule is Cc1ccc(CN2CCC3(CCNCC3)C2)cc1[N+](=O)[O-]. The van der Waals surface area contributed by atoms with E-state index in [0.717, 1.165) is 43.9 Å². The molecule has 5 nitrogen and oxygen atoms in total. The van der Waals surface area contributed by atoms with Crippen LogP contribution in [0.3, 0.4) is 0 Å². The minimum absolute atomic E-state index is 0.239. The molecule has 1 aromatic carbocycles. The van der Waals surface area contributed by atoms with Crippen LogP contribution in [0.4, 0.5) is 5.69 Å². The molecule has 1 N–H and O–H groups in total. The predicted octanol–water partition coefficient (Wildman–Crippen LogP) is 2.48. The molecule has 0 aliphatic carbocycles. The number of nitro benzene ring substituents is 1. The molecule has 3 rings (SSSR count). The fourth-order valence-electron chi connectivity index (χ4n) is 3.74. The number of rotatable bonds is 3. The summed E-state index contributed by atoms with van der Waals surface area (Å²) in [6.45, 7) is 7.13. The molecular weight excluding hydrogens is 266 g/mol. The molecule has 0 radical (unpaired) electrons. The molecule has 0 amide bonds. The molecule has 0 atom stereocenters. The second kappa shape index (κ2) is 5.73. The predicted molar refractivity (Wildman–Crippen MR) is 82.3 cm³/mol. The van der Waals surface area contributed by atoms with Crippen LogP contribution in [-0.4, -0.2) is 36.0 Å². The molecule has 2 fully saturated rings. The van der Waals surface area contributed by atoms with Gasteiger partial charge in [-0.3, -0.25) is 15.0 Å². The van der Waals surface area contributed by atoms with Crippen molar-refractivity contribution in [3.63, 3.8) is 0 Å². The number of piperidine rings is 1. The largest absolute Gasteiger partial charge is 0.317 e. The highest BCUT2D eigenvalue weighted by atomic mass is 16.6. The van der Waals surface area contributed by atoms with Crippen molar-refractivity contribution in [2.75, 3.05) is 26.2 Å². The summed E-state index contributed by atoms with van der Waals surface area (Å²) in [6, 6.07) is 5.63. The van der Waals surface area contributed by atoms with Gasteiger partial charge in [0.2, 0.25) is 0 Å². The number of hydrogen-bond donors (Lipinski definition) is 1. The Morgan fingerprint density at radius 1 is 1.33 bits per heavy atom. The fourth-order valence-corrected chi connectivity index (χ4v) is 3.74. The van der Waals surface area contributed by atoms with Crippen molar-refractivity contribution in [2.24, 2.45) is 5.41 Å². The molecule has 1 spiro atoms. The first-order chi connectivity index (χ1) is 10.1. The summed E-state index contributed by atoms with van der Waals surface area (Å²) < 4.78 is 0. The maximum Gasteiger partial charge on any atom is 0.272 e. The summed E-state index contributed by atoms with van der Waals surface area (Å²) in [7, 11) is 0. The van der Waals surface area contributed by atoms with E-state index in [1.165, 1.54) is 19.3 Å². The Labute approximate surface area is 125 Å². The number of benzene rings is 1. The van der Waals surface area contributed by atoms with Crippen LogP contribution in [0.5, 0.6) is 0 Å². The third-order valence-electron chi connectivity index (χ3n) is 5.06. The van der Waals surface area contributed by atoms with Crippen LogP contribution in [0, 0.1) is 22.5 Å². The minimum atomic E-state index is -0.281. The van der Waals surface area contributed by atoms with Crippen LogP contribution in [0.2, 0.25) is 0 Å². The van der Waals surface area contributed by atoms with E-state index in [0.29, 0.717) is 5.41 Å². The number of hydrogen-bond acceptors (Lipinski definition) is 4. The van der Waals surface area contributed by atoms with Gasteiger partial charge in [0, 0.05) is 24.7 Å². The van der Waals surface area contributed by atoms with E-state index < -0.39 is 0 Å². The Morgan fingerprint density at radius 3 is 2.81 bits per heavy atom. The molecule has 2 saturated heterocycles. The minimum Gasteiger partial charge on any atom is -0.317 e. The zero-order chi connectivity index (χ0) is 14.9. The maximum atomic E-state index is 11.0. The van der Waals surface area contributed by atoms with Crippen molar-refractivity contribution in [1.29, 1.82) is 0 Å². The standard InChI is InChI=1S/C16H23N3O2/c1-13-2-3-14(10-15(13)19(20)21)11-18-9-6-16(12-18)4-7-17-8-5-16/h2-3,10,17H,4-9,11-12H2,1H3. The summed E-state index contributed by atoms with van der Waals surface area (Å²) in [4.78, 5) is 13.2. The number of aryl methyl sites for hydroxylation is 1. The highest BCUT2D eigenvalue weighted by Gasteiger charge is 2.38. The molecule has 0 saturated carbocycles. The summed E-state index contributed by atoms with van der Waals surface area (Å²) in [5.41, 5.74) is 2.52. The van der Waals surface area contributed by atoms with Gasteiger partial charge in [-0.1, -0.05) is 12.1 Å². The van der Waals surface area contributed by atoms with Crippen LogP contribution in [-0.2, 0) is 6.54 Å². The van der Waals surface area contributed by atoms with E-state index in [1.807, 2.05) is 12.1 Å². The number of nitrogens with one attached hydrogen (secondary N) is 1. The van der Waals surface area contributed by atoms with Gasteiger partial charge in [0.15, 0.2) is 0 Å². The lowest BCUT2D eigenvalue weighted by Gasteiger charge is -2.33.